The summed E-state index contributed by atoms with van der Waals surface area (Å²) in [5.74, 6) is 2.25. The molecule has 0 bridgehead atoms. The Kier molecular flexibility index (Phi) is 3.57. The maximum atomic E-state index is 3.53. The lowest BCUT2D eigenvalue weighted by Crippen LogP contribution is -2.19. The van der Waals surface area contributed by atoms with E-state index in [9.17, 15) is 0 Å². The number of thioether (sulfide) groups is 1. The number of rotatable bonds is 5. The lowest BCUT2D eigenvalue weighted by molar-refractivity contribution is 0.644. The van der Waals surface area contributed by atoms with E-state index in [1.54, 1.807) is 0 Å². The maximum Gasteiger partial charge on any atom is 0.00963 e. The summed E-state index contributed by atoms with van der Waals surface area (Å²) in [4.78, 5) is 0. The first-order valence-corrected chi connectivity index (χ1v) is 5.46. The quantitative estimate of drug-likeness (QED) is 0.613. The van der Waals surface area contributed by atoms with Gasteiger partial charge in [0, 0.05) is 6.04 Å². The molecule has 0 aromatic heterocycles. The molecule has 2 unspecified atom stereocenters. The molecule has 10 heavy (non-hydrogen) atoms. The van der Waals surface area contributed by atoms with Crippen LogP contribution in [0, 0.1) is 5.92 Å². The molecule has 0 aromatic carbocycles. The molecular formula is C8H17NS. The molecule has 60 valence electrons. The Morgan fingerprint density at radius 3 is 2.80 bits per heavy atom. The molecular weight excluding hydrogens is 142 g/mol. The third kappa shape index (κ3) is 2.93. The van der Waals surface area contributed by atoms with Crippen LogP contribution in [-0.2, 0) is 0 Å². The van der Waals surface area contributed by atoms with Crippen molar-refractivity contribution in [1.82, 2.24) is 5.32 Å². The van der Waals surface area contributed by atoms with Crippen LogP contribution in [0.1, 0.15) is 19.8 Å². The Hall–Kier alpha value is 0.310. The van der Waals surface area contributed by atoms with E-state index in [2.05, 4.69) is 18.5 Å². The van der Waals surface area contributed by atoms with Gasteiger partial charge in [0.2, 0.25) is 0 Å². The van der Waals surface area contributed by atoms with Gasteiger partial charge in [-0.05, 0) is 37.3 Å². The molecule has 1 saturated carbocycles. The first kappa shape index (κ1) is 8.41. The van der Waals surface area contributed by atoms with Crippen molar-refractivity contribution in [3.8, 4) is 0 Å². The van der Waals surface area contributed by atoms with Gasteiger partial charge in [0.05, 0.1) is 0 Å². The summed E-state index contributed by atoms with van der Waals surface area (Å²) in [5.41, 5.74) is 0. The van der Waals surface area contributed by atoms with Crippen LogP contribution in [0.4, 0.5) is 0 Å². The molecule has 1 fully saturated rings. The van der Waals surface area contributed by atoms with E-state index in [4.69, 9.17) is 0 Å². The van der Waals surface area contributed by atoms with Gasteiger partial charge in [-0.2, -0.15) is 11.8 Å². The number of hydrogen-bond acceptors (Lipinski definition) is 2. The second-order valence-corrected chi connectivity index (χ2v) is 4.11. The molecule has 0 radical (unpaired) electrons. The highest BCUT2D eigenvalue weighted by atomic mass is 32.2. The molecule has 1 aliphatic carbocycles. The highest BCUT2D eigenvalue weighted by Gasteiger charge is 2.31. The van der Waals surface area contributed by atoms with Crippen LogP contribution in [0.5, 0.6) is 0 Å². The molecule has 1 N–H and O–H groups in total. The van der Waals surface area contributed by atoms with E-state index >= 15 is 0 Å². The summed E-state index contributed by atoms with van der Waals surface area (Å²) < 4.78 is 0. The van der Waals surface area contributed by atoms with Gasteiger partial charge in [0.1, 0.15) is 0 Å². The smallest absolute Gasteiger partial charge is 0.00963 e. The van der Waals surface area contributed by atoms with Crippen molar-refractivity contribution in [2.75, 3.05) is 18.6 Å². The fourth-order valence-corrected chi connectivity index (χ4v) is 1.54. The molecule has 0 aromatic rings. The minimum Gasteiger partial charge on any atom is -0.314 e. The van der Waals surface area contributed by atoms with Crippen LogP contribution in [0.25, 0.3) is 0 Å². The van der Waals surface area contributed by atoms with Gasteiger partial charge in [-0.3, -0.25) is 0 Å². The van der Waals surface area contributed by atoms with E-state index < -0.39 is 0 Å². The van der Waals surface area contributed by atoms with E-state index in [-0.39, 0.29) is 0 Å². The minimum atomic E-state index is 0.863. The molecule has 1 nitrogen and oxygen atoms in total. The Labute approximate surface area is 68.0 Å². The lowest BCUT2D eigenvalue weighted by atomic mass is 10.4. The average Bonchev–Trinajstić information content (AvgIpc) is 2.60. The number of hydrogen-bond donors (Lipinski definition) is 1. The van der Waals surface area contributed by atoms with Crippen LogP contribution < -0.4 is 5.32 Å². The highest BCUT2D eigenvalue weighted by Crippen LogP contribution is 2.28. The second-order valence-electron chi connectivity index (χ2n) is 3.12. The molecule has 2 atom stereocenters. The monoisotopic (exact) mass is 159 g/mol. The Morgan fingerprint density at radius 1 is 1.60 bits per heavy atom. The third-order valence-electron chi connectivity index (χ3n) is 2.04. The molecule has 1 rings (SSSR count). The Morgan fingerprint density at radius 2 is 2.30 bits per heavy atom. The van der Waals surface area contributed by atoms with E-state index in [0.29, 0.717) is 0 Å². The SMILES string of the molecule is CSCCCNC1CC1C. The summed E-state index contributed by atoms with van der Waals surface area (Å²) in [6.07, 6.45) is 4.89. The third-order valence-corrected chi connectivity index (χ3v) is 2.74. The Balaban J connectivity index is 1.78. The van der Waals surface area contributed by atoms with Crippen LogP contribution in [-0.4, -0.2) is 24.6 Å². The molecule has 0 heterocycles. The highest BCUT2D eigenvalue weighted by molar-refractivity contribution is 7.98. The van der Waals surface area contributed by atoms with Crippen molar-refractivity contribution in [2.45, 2.75) is 25.8 Å². The van der Waals surface area contributed by atoms with Crippen molar-refractivity contribution in [3.63, 3.8) is 0 Å². The molecule has 2 heteroatoms. The van der Waals surface area contributed by atoms with Crippen molar-refractivity contribution >= 4 is 11.8 Å². The van der Waals surface area contributed by atoms with Gasteiger partial charge < -0.3 is 5.32 Å². The summed E-state index contributed by atoms with van der Waals surface area (Å²) in [6, 6.07) is 0.863. The molecule has 0 amide bonds. The van der Waals surface area contributed by atoms with Crippen LogP contribution in [0.3, 0.4) is 0 Å². The standard InChI is InChI=1S/C8H17NS/c1-7-6-8(7)9-4-3-5-10-2/h7-9H,3-6H2,1-2H3. The summed E-state index contributed by atoms with van der Waals surface area (Å²) >= 11 is 1.93. The van der Waals surface area contributed by atoms with Gasteiger partial charge in [-0.15, -0.1) is 0 Å². The molecule has 0 saturated heterocycles. The van der Waals surface area contributed by atoms with E-state index in [1.807, 2.05) is 11.8 Å². The normalized spacial score (nSPS) is 30.6. The summed E-state index contributed by atoms with van der Waals surface area (Å²) in [7, 11) is 0. The average molecular weight is 159 g/mol. The van der Waals surface area contributed by atoms with Gasteiger partial charge >= 0.3 is 0 Å². The molecule has 0 spiro atoms. The maximum absolute atomic E-state index is 3.53. The van der Waals surface area contributed by atoms with Crippen molar-refractivity contribution < 1.29 is 0 Å². The van der Waals surface area contributed by atoms with Crippen LogP contribution in [0.15, 0.2) is 0 Å². The van der Waals surface area contributed by atoms with Crippen LogP contribution in [0.2, 0.25) is 0 Å². The Bertz CT molecular complexity index is 95.3. The zero-order valence-electron chi connectivity index (χ0n) is 6.89. The summed E-state index contributed by atoms with van der Waals surface area (Å²) in [5, 5.41) is 3.53. The number of nitrogens with one attached hydrogen (secondary N) is 1. The topological polar surface area (TPSA) is 12.0 Å². The lowest BCUT2D eigenvalue weighted by Gasteiger charge is -2.00. The minimum absolute atomic E-state index is 0.863. The fraction of sp³-hybridized carbons (Fsp3) is 1.00. The van der Waals surface area contributed by atoms with Crippen molar-refractivity contribution in [3.05, 3.63) is 0 Å². The van der Waals surface area contributed by atoms with Crippen LogP contribution >= 0.6 is 11.8 Å². The molecule has 0 aliphatic heterocycles. The van der Waals surface area contributed by atoms with Gasteiger partial charge in [-0.25, -0.2) is 0 Å². The second kappa shape index (κ2) is 4.24. The largest absolute Gasteiger partial charge is 0.314 e. The van der Waals surface area contributed by atoms with E-state index in [0.717, 1.165) is 12.0 Å². The summed E-state index contributed by atoms with van der Waals surface area (Å²) in [6.45, 7) is 3.53. The van der Waals surface area contributed by atoms with Gasteiger partial charge in [0.25, 0.3) is 0 Å². The van der Waals surface area contributed by atoms with Gasteiger partial charge in [-0.1, -0.05) is 6.92 Å². The van der Waals surface area contributed by atoms with E-state index in [1.165, 1.54) is 25.1 Å². The fourth-order valence-electron chi connectivity index (χ4n) is 1.11. The van der Waals surface area contributed by atoms with Gasteiger partial charge in [0.15, 0.2) is 0 Å². The zero-order valence-corrected chi connectivity index (χ0v) is 7.71. The molecule has 1 aliphatic rings. The zero-order chi connectivity index (χ0) is 7.40. The predicted octanol–water partition coefficient (Wildman–Crippen LogP) is 1.74. The first-order chi connectivity index (χ1) is 4.84. The first-order valence-electron chi connectivity index (χ1n) is 4.07. The van der Waals surface area contributed by atoms with Crippen molar-refractivity contribution in [1.29, 1.82) is 0 Å². The van der Waals surface area contributed by atoms with Crippen molar-refractivity contribution in [2.24, 2.45) is 5.92 Å². The predicted molar refractivity (Wildman–Crippen MR) is 48.6 cm³/mol.